The van der Waals surface area contributed by atoms with Crippen LogP contribution < -0.4 is 5.73 Å². The molecule has 20 heavy (non-hydrogen) atoms. The van der Waals surface area contributed by atoms with Gasteiger partial charge in [-0.15, -0.1) is 0 Å². The molecule has 0 amide bonds. The quantitative estimate of drug-likeness (QED) is 0.938. The Hall–Kier alpha value is -1.82. The molecular weight excluding hydrogens is 267 g/mol. The topological polar surface area (TPSA) is 43.8 Å². The Balaban J connectivity index is 2.00. The van der Waals surface area contributed by atoms with Crippen LogP contribution >= 0.6 is 0 Å². The largest absolute Gasteiger partial charge is 0.416 e. The number of alkyl halides is 3. The van der Waals surface area contributed by atoms with Crippen molar-refractivity contribution in [3.05, 3.63) is 47.3 Å². The monoisotopic (exact) mass is 281 g/mol. The molecule has 106 valence electrons. The van der Waals surface area contributed by atoms with Crippen LogP contribution in [-0.4, -0.2) is 9.78 Å². The van der Waals surface area contributed by atoms with Crippen LogP contribution in [0.3, 0.4) is 0 Å². The van der Waals surface area contributed by atoms with Crippen molar-refractivity contribution in [2.75, 3.05) is 0 Å². The molecular formula is C14H14F3N3. The van der Waals surface area contributed by atoms with Gasteiger partial charge in [0.1, 0.15) is 0 Å². The van der Waals surface area contributed by atoms with Crippen LogP contribution in [0, 0.1) is 0 Å². The minimum atomic E-state index is -4.41. The fraction of sp³-hybridized carbons (Fsp3) is 0.357. The second-order valence-corrected chi connectivity index (χ2v) is 5.00. The van der Waals surface area contributed by atoms with Gasteiger partial charge >= 0.3 is 6.18 Å². The van der Waals surface area contributed by atoms with E-state index in [2.05, 4.69) is 5.10 Å². The van der Waals surface area contributed by atoms with Crippen LogP contribution in [0.15, 0.2) is 30.5 Å². The molecule has 0 saturated heterocycles. The van der Waals surface area contributed by atoms with Gasteiger partial charge < -0.3 is 5.73 Å². The van der Waals surface area contributed by atoms with E-state index in [0.717, 1.165) is 24.6 Å². The van der Waals surface area contributed by atoms with E-state index in [1.165, 1.54) is 10.7 Å². The third-order valence-electron chi connectivity index (χ3n) is 3.49. The molecule has 1 heterocycles. The zero-order valence-corrected chi connectivity index (χ0v) is 10.7. The summed E-state index contributed by atoms with van der Waals surface area (Å²) < 4.78 is 40.5. The summed E-state index contributed by atoms with van der Waals surface area (Å²) in [6.45, 7) is -0.137. The van der Waals surface area contributed by atoms with Gasteiger partial charge in [0, 0.05) is 18.7 Å². The minimum Gasteiger partial charge on any atom is -0.326 e. The molecule has 3 nitrogen and oxygen atoms in total. The standard InChI is InChI=1S/C14H14F3N3/c15-14(16,17)12-7-11(4-3-10(12)8-18)20-6-5-13(19-20)9-1-2-9/h3-7,9H,1-2,8,18H2. The molecule has 1 aromatic heterocycles. The van der Waals surface area contributed by atoms with Gasteiger partial charge in [-0.3, -0.25) is 0 Å². The first kappa shape index (κ1) is 13.2. The summed E-state index contributed by atoms with van der Waals surface area (Å²) in [7, 11) is 0. The lowest BCUT2D eigenvalue weighted by Gasteiger charge is -2.13. The van der Waals surface area contributed by atoms with E-state index >= 15 is 0 Å². The van der Waals surface area contributed by atoms with Gasteiger partial charge in [-0.1, -0.05) is 6.07 Å². The third-order valence-corrected chi connectivity index (χ3v) is 3.49. The lowest BCUT2D eigenvalue weighted by Crippen LogP contribution is -2.13. The Kier molecular flexibility index (Phi) is 3.05. The molecule has 1 aliphatic rings. The summed E-state index contributed by atoms with van der Waals surface area (Å²) in [6.07, 6.45) is -0.490. The Morgan fingerprint density at radius 3 is 2.60 bits per heavy atom. The van der Waals surface area contributed by atoms with Crippen LogP contribution in [0.4, 0.5) is 13.2 Å². The summed E-state index contributed by atoms with van der Waals surface area (Å²) >= 11 is 0. The number of nitrogens with two attached hydrogens (primary N) is 1. The lowest BCUT2D eigenvalue weighted by atomic mass is 10.1. The normalized spacial score (nSPS) is 15.6. The molecule has 1 aromatic carbocycles. The maximum Gasteiger partial charge on any atom is 0.416 e. The summed E-state index contributed by atoms with van der Waals surface area (Å²) in [5, 5.41) is 4.34. The van der Waals surface area contributed by atoms with Crippen molar-refractivity contribution in [2.45, 2.75) is 31.5 Å². The SMILES string of the molecule is NCc1ccc(-n2ccc(C3CC3)n2)cc1C(F)(F)F. The van der Waals surface area contributed by atoms with Gasteiger partial charge in [0.05, 0.1) is 16.9 Å². The summed E-state index contributed by atoms with van der Waals surface area (Å²) in [6, 6.07) is 5.99. The van der Waals surface area contributed by atoms with Gasteiger partial charge in [-0.2, -0.15) is 18.3 Å². The minimum absolute atomic E-state index is 0.0934. The molecule has 2 aromatic rings. The molecule has 1 saturated carbocycles. The van der Waals surface area contributed by atoms with Gasteiger partial charge in [0.15, 0.2) is 0 Å². The Morgan fingerprint density at radius 2 is 2.00 bits per heavy atom. The van der Waals surface area contributed by atoms with E-state index in [0.29, 0.717) is 11.6 Å². The highest BCUT2D eigenvalue weighted by atomic mass is 19.4. The summed E-state index contributed by atoms with van der Waals surface area (Å²) in [5.74, 6) is 0.474. The van der Waals surface area contributed by atoms with Gasteiger partial charge in [-0.05, 0) is 36.6 Å². The molecule has 0 spiro atoms. The van der Waals surface area contributed by atoms with Crippen molar-refractivity contribution in [2.24, 2.45) is 5.73 Å². The summed E-state index contributed by atoms with van der Waals surface area (Å²) in [5.41, 5.74) is 6.12. The van der Waals surface area contributed by atoms with Crippen molar-refractivity contribution < 1.29 is 13.2 Å². The second kappa shape index (κ2) is 4.63. The third kappa shape index (κ3) is 2.43. The van der Waals surface area contributed by atoms with Crippen LogP contribution in [0.5, 0.6) is 0 Å². The van der Waals surface area contributed by atoms with Crippen LogP contribution in [0.2, 0.25) is 0 Å². The number of halogens is 3. The van der Waals surface area contributed by atoms with Crippen LogP contribution in [0.25, 0.3) is 5.69 Å². The van der Waals surface area contributed by atoms with E-state index in [-0.39, 0.29) is 12.1 Å². The smallest absolute Gasteiger partial charge is 0.326 e. The molecule has 6 heteroatoms. The van der Waals surface area contributed by atoms with Crippen LogP contribution in [0.1, 0.15) is 35.6 Å². The van der Waals surface area contributed by atoms with Crippen LogP contribution in [-0.2, 0) is 12.7 Å². The highest BCUT2D eigenvalue weighted by molar-refractivity contribution is 5.42. The predicted molar refractivity (Wildman–Crippen MR) is 68.4 cm³/mol. The molecule has 0 aliphatic heterocycles. The molecule has 0 radical (unpaired) electrons. The molecule has 3 rings (SSSR count). The number of hydrogen-bond donors (Lipinski definition) is 1. The van der Waals surface area contributed by atoms with Crippen molar-refractivity contribution in [1.29, 1.82) is 0 Å². The number of aromatic nitrogens is 2. The predicted octanol–water partition coefficient (Wildman–Crippen LogP) is 3.23. The Bertz CT molecular complexity index is 627. The number of benzene rings is 1. The first-order valence-corrected chi connectivity index (χ1v) is 6.45. The van der Waals surface area contributed by atoms with Crippen molar-refractivity contribution in [1.82, 2.24) is 9.78 Å². The average molecular weight is 281 g/mol. The zero-order chi connectivity index (χ0) is 14.3. The Morgan fingerprint density at radius 1 is 1.25 bits per heavy atom. The maximum atomic E-state index is 13.0. The first-order chi connectivity index (χ1) is 9.49. The summed E-state index contributed by atoms with van der Waals surface area (Å²) in [4.78, 5) is 0. The first-order valence-electron chi connectivity index (χ1n) is 6.45. The van der Waals surface area contributed by atoms with E-state index < -0.39 is 11.7 Å². The number of rotatable bonds is 3. The van der Waals surface area contributed by atoms with E-state index in [4.69, 9.17) is 5.73 Å². The van der Waals surface area contributed by atoms with Crippen molar-refractivity contribution in [3.8, 4) is 5.69 Å². The second-order valence-electron chi connectivity index (χ2n) is 5.00. The number of hydrogen-bond acceptors (Lipinski definition) is 2. The molecule has 0 atom stereocenters. The lowest BCUT2D eigenvalue weighted by molar-refractivity contribution is -0.138. The van der Waals surface area contributed by atoms with Gasteiger partial charge in [0.25, 0.3) is 0 Å². The highest BCUT2D eigenvalue weighted by Crippen LogP contribution is 2.39. The fourth-order valence-corrected chi connectivity index (χ4v) is 2.23. The molecule has 1 fully saturated rings. The highest BCUT2D eigenvalue weighted by Gasteiger charge is 2.33. The van der Waals surface area contributed by atoms with E-state index in [1.807, 2.05) is 6.07 Å². The van der Waals surface area contributed by atoms with Gasteiger partial charge in [0.2, 0.25) is 0 Å². The molecule has 1 aliphatic carbocycles. The fourth-order valence-electron chi connectivity index (χ4n) is 2.23. The number of nitrogens with zero attached hydrogens (tertiary/aromatic N) is 2. The van der Waals surface area contributed by atoms with E-state index in [1.54, 1.807) is 12.3 Å². The van der Waals surface area contributed by atoms with E-state index in [9.17, 15) is 13.2 Å². The molecule has 0 unspecified atom stereocenters. The Labute approximate surface area is 114 Å². The maximum absolute atomic E-state index is 13.0. The molecule has 2 N–H and O–H groups in total. The molecule has 0 bridgehead atoms. The van der Waals surface area contributed by atoms with Crippen molar-refractivity contribution >= 4 is 0 Å². The average Bonchev–Trinajstić information content (AvgIpc) is 3.15. The van der Waals surface area contributed by atoms with Crippen molar-refractivity contribution in [3.63, 3.8) is 0 Å². The zero-order valence-electron chi connectivity index (χ0n) is 10.7. The van der Waals surface area contributed by atoms with Gasteiger partial charge in [-0.25, -0.2) is 4.68 Å².